The van der Waals surface area contributed by atoms with E-state index >= 15 is 0 Å². The number of unbranched alkanes of at least 4 members (excludes halogenated alkanes) is 28. The highest BCUT2D eigenvalue weighted by Gasteiger charge is 2.47. The van der Waals surface area contributed by atoms with Crippen molar-refractivity contribution >= 4 is 11.9 Å². The van der Waals surface area contributed by atoms with Crippen LogP contribution in [0.25, 0.3) is 0 Å². The molecule has 0 aromatic carbocycles. The van der Waals surface area contributed by atoms with Crippen LogP contribution >= 0.6 is 0 Å². The summed E-state index contributed by atoms with van der Waals surface area (Å²) in [7, 11) is 0. The fourth-order valence-corrected chi connectivity index (χ4v) is 8.69. The number of rotatable bonds is 42. The summed E-state index contributed by atoms with van der Waals surface area (Å²) < 4.78 is 33.6. The molecule has 7 N–H and O–H groups in total. The highest BCUT2D eigenvalue weighted by Crippen LogP contribution is 2.27. The Morgan fingerprint density at radius 1 is 0.424 bits per heavy atom. The zero-order valence-electron chi connectivity index (χ0n) is 41.2. The molecule has 11 atom stereocenters. The Balaban J connectivity index is 1.79. The smallest absolute Gasteiger partial charge is 0.306 e. The lowest BCUT2D eigenvalue weighted by atomic mass is 9.98. The molecule has 0 amide bonds. The molecule has 2 rings (SSSR count). The summed E-state index contributed by atoms with van der Waals surface area (Å²) in [6.45, 7) is 2.63. The summed E-state index contributed by atoms with van der Waals surface area (Å²) in [5.41, 5.74) is 0. The summed E-state index contributed by atoms with van der Waals surface area (Å²) in [5, 5.41) is 72.1. The molecule has 2 fully saturated rings. The zero-order chi connectivity index (χ0) is 48.2. The van der Waals surface area contributed by atoms with Crippen LogP contribution in [0.5, 0.6) is 0 Å². The standard InChI is InChI=1S/C51H96O15/c1-3-5-7-9-11-13-15-17-19-21-23-25-27-29-31-33-42(53)61-36-39(64-43(54)34-32-30-28-26-24-22-20-18-16-14-12-10-8-6-4-2)37-62-50-49(60)47(58)45(56)41(66-50)38-63-51-48(59)46(57)44(55)40(35-52)65-51/h39-41,44-52,55-60H,3-38H2,1-2H3/t39?,40-,41-,44-,45-,46+,47+,48+,49+,50+,51+/m1/s1. The molecule has 0 radical (unpaired) electrons. The van der Waals surface area contributed by atoms with E-state index in [-0.39, 0.29) is 26.1 Å². The van der Waals surface area contributed by atoms with Crippen LogP contribution < -0.4 is 0 Å². The van der Waals surface area contributed by atoms with Gasteiger partial charge >= 0.3 is 11.9 Å². The normalized spacial score (nSPS) is 26.1. The molecule has 0 aromatic rings. The van der Waals surface area contributed by atoms with Gasteiger partial charge in [0.05, 0.1) is 19.8 Å². The highest BCUT2D eigenvalue weighted by molar-refractivity contribution is 5.70. The summed E-state index contributed by atoms with van der Waals surface area (Å²) >= 11 is 0. The molecule has 0 bridgehead atoms. The minimum Gasteiger partial charge on any atom is -0.462 e. The van der Waals surface area contributed by atoms with Gasteiger partial charge in [0.15, 0.2) is 18.7 Å². The van der Waals surface area contributed by atoms with E-state index in [4.69, 9.17) is 28.4 Å². The first-order valence-electron chi connectivity index (χ1n) is 26.6. The van der Waals surface area contributed by atoms with Gasteiger partial charge in [-0.15, -0.1) is 0 Å². The lowest BCUT2D eigenvalue weighted by Crippen LogP contribution is -2.61. The number of carbonyl (C=O) groups is 2. The van der Waals surface area contributed by atoms with Crippen molar-refractivity contribution in [2.24, 2.45) is 0 Å². The Morgan fingerprint density at radius 2 is 0.773 bits per heavy atom. The third-order valence-electron chi connectivity index (χ3n) is 13.1. The molecule has 1 unspecified atom stereocenters. The van der Waals surface area contributed by atoms with Crippen LogP contribution in [-0.4, -0.2) is 142 Å². The lowest BCUT2D eigenvalue weighted by molar-refractivity contribution is -0.332. The van der Waals surface area contributed by atoms with Gasteiger partial charge in [0.2, 0.25) is 0 Å². The van der Waals surface area contributed by atoms with E-state index in [0.717, 1.165) is 38.5 Å². The molecule has 0 saturated carbocycles. The molecule has 2 heterocycles. The number of aliphatic hydroxyl groups excluding tert-OH is 7. The van der Waals surface area contributed by atoms with E-state index < -0.39 is 92.7 Å². The van der Waals surface area contributed by atoms with E-state index in [9.17, 15) is 45.3 Å². The summed E-state index contributed by atoms with van der Waals surface area (Å²) in [5.74, 6) is -0.908. The van der Waals surface area contributed by atoms with Crippen LogP contribution in [0.1, 0.15) is 219 Å². The third kappa shape index (κ3) is 27.0. The van der Waals surface area contributed by atoms with Crippen LogP contribution in [-0.2, 0) is 38.0 Å². The Bertz CT molecular complexity index is 1160. The fraction of sp³-hybridized carbons (Fsp3) is 0.961. The molecule has 0 aliphatic carbocycles. The maximum absolute atomic E-state index is 13.0. The van der Waals surface area contributed by atoms with Crippen LogP contribution in [0, 0.1) is 0 Å². The average molecular weight is 949 g/mol. The molecule has 0 aromatic heterocycles. The summed E-state index contributed by atoms with van der Waals surface area (Å²) in [4.78, 5) is 25.8. The van der Waals surface area contributed by atoms with Crippen molar-refractivity contribution in [2.75, 3.05) is 26.4 Å². The molecule has 0 spiro atoms. The number of hydrogen-bond acceptors (Lipinski definition) is 15. The SMILES string of the molecule is CCCCCCCCCCCCCCCCCC(=O)OCC(CO[C@H]1O[C@H](CO[C@H]2O[C@H](CO)[C@@H](O)[C@H](O)[C@@H]2O)[C@@H](O)[C@H](O)[C@@H]1O)OC(=O)CCCCCCCCCCCCCCCCC. The second-order valence-corrected chi connectivity index (χ2v) is 19.1. The van der Waals surface area contributed by atoms with Gasteiger partial charge in [-0.25, -0.2) is 0 Å². The Morgan fingerprint density at radius 3 is 1.18 bits per heavy atom. The van der Waals surface area contributed by atoms with Crippen molar-refractivity contribution in [1.29, 1.82) is 0 Å². The van der Waals surface area contributed by atoms with Crippen molar-refractivity contribution in [2.45, 2.75) is 287 Å². The lowest BCUT2D eigenvalue weighted by Gasteiger charge is -2.42. The van der Waals surface area contributed by atoms with E-state index in [0.29, 0.717) is 12.8 Å². The fourth-order valence-electron chi connectivity index (χ4n) is 8.69. The average Bonchev–Trinajstić information content (AvgIpc) is 3.31. The quantitative estimate of drug-likeness (QED) is 0.0231. The number of aliphatic hydroxyl groups is 7. The van der Waals surface area contributed by atoms with Crippen molar-refractivity contribution in [3.63, 3.8) is 0 Å². The Hall–Kier alpha value is -1.50. The molecule has 15 nitrogen and oxygen atoms in total. The molecule has 15 heteroatoms. The molecule has 2 aliphatic rings. The highest BCUT2D eigenvalue weighted by atomic mass is 16.7. The van der Waals surface area contributed by atoms with Gasteiger partial charge in [0.25, 0.3) is 0 Å². The first kappa shape index (κ1) is 60.6. The summed E-state index contributed by atoms with van der Waals surface area (Å²) in [6.07, 6.45) is 19.8. The van der Waals surface area contributed by atoms with Gasteiger partial charge in [-0.3, -0.25) is 9.59 Å². The van der Waals surface area contributed by atoms with Gasteiger partial charge in [-0.2, -0.15) is 0 Å². The maximum atomic E-state index is 13.0. The van der Waals surface area contributed by atoms with Gasteiger partial charge in [0.1, 0.15) is 55.4 Å². The number of carbonyl (C=O) groups excluding carboxylic acids is 2. The van der Waals surface area contributed by atoms with E-state index in [1.165, 1.54) is 141 Å². The van der Waals surface area contributed by atoms with E-state index in [2.05, 4.69) is 13.8 Å². The van der Waals surface area contributed by atoms with Crippen LogP contribution in [0.15, 0.2) is 0 Å². The Kier molecular flexibility index (Phi) is 36.0. The third-order valence-corrected chi connectivity index (χ3v) is 13.1. The van der Waals surface area contributed by atoms with E-state index in [1.54, 1.807) is 0 Å². The van der Waals surface area contributed by atoms with Crippen molar-refractivity contribution in [3.05, 3.63) is 0 Å². The second-order valence-electron chi connectivity index (χ2n) is 19.1. The molecule has 2 saturated heterocycles. The van der Waals surface area contributed by atoms with Gasteiger partial charge in [-0.05, 0) is 12.8 Å². The number of hydrogen-bond donors (Lipinski definition) is 7. The van der Waals surface area contributed by atoms with E-state index in [1.807, 2.05) is 0 Å². The molecule has 2 aliphatic heterocycles. The second kappa shape index (κ2) is 39.2. The van der Waals surface area contributed by atoms with Crippen LogP contribution in [0.3, 0.4) is 0 Å². The first-order valence-corrected chi connectivity index (χ1v) is 26.6. The molecular weight excluding hydrogens is 853 g/mol. The van der Waals surface area contributed by atoms with Crippen LogP contribution in [0.2, 0.25) is 0 Å². The predicted molar refractivity (Wildman–Crippen MR) is 252 cm³/mol. The predicted octanol–water partition coefficient (Wildman–Crippen LogP) is 7.61. The molecular formula is C51H96O15. The van der Waals surface area contributed by atoms with Crippen molar-refractivity contribution < 1.29 is 73.8 Å². The number of esters is 2. The van der Waals surface area contributed by atoms with Crippen molar-refractivity contribution in [1.82, 2.24) is 0 Å². The van der Waals surface area contributed by atoms with Crippen molar-refractivity contribution in [3.8, 4) is 0 Å². The first-order chi connectivity index (χ1) is 32.0. The largest absolute Gasteiger partial charge is 0.462 e. The van der Waals surface area contributed by atoms with Crippen LogP contribution in [0.4, 0.5) is 0 Å². The molecule has 390 valence electrons. The van der Waals surface area contributed by atoms with Gasteiger partial charge in [-0.1, -0.05) is 194 Å². The van der Waals surface area contributed by atoms with Gasteiger partial charge in [0, 0.05) is 12.8 Å². The minimum atomic E-state index is -1.76. The number of ether oxygens (including phenoxy) is 6. The minimum absolute atomic E-state index is 0.173. The zero-order valence-corrected chi connectivity index (χ0v) is 41.2. The maximum Gasteiger partial charge on any atom is 0.306 e. The summed E-state index contributed by atoms with van der Waals surface area (Å²) in [6, 6.07) is 0. The topological polar surface area (TPSA) is 231 Å². The molecule has 66 heavy (non-hydrogen) atoms. The van der Waals surface area contributed by atoms with Gasteiger partial charge < -0.3 is 64.2 Å². The monoisotopic (exact) mass is 949 g/mol. The Labute approximate surface area is 398 Å².